The van der Waals surface area contributed by atoms with Gasteiger partial charge in [-0.25, -0.2) is 4.98 Å². The third kappa shape index (κ3) is 1.24. The van der Waals surface area contributed by atoms with Gasteiger partial charge >= 0.3 is 0 Å². The molecule has 0 N–H and O–H groups in total. The lowest BCUT2D eigenvalue weighted by atomic mass is 11.0. The average molecular weight is 179 g/mol. The lowest BCUT2D eigenvalue weighted by Gasteiger charge is -1.69. The van der Waals surface area contributed by atoms with Crippen LogP contribution in [0, 0.1) is 6.92 Å². The standard InChI is InChI=1S/C4H4BrNS/c1-3-6-4(5)2-7-3/h2H,1H3/i1+1. The molecule has 0 aromatic carbocycles. The van der Waals surface area contributed by atoms with Gasteiger partial charge in [0, 0.05) is 5.38 Å². The van der Waals surface area contributed by atoms with E-state index >= 15 is 0 Å². The summed E-state index contributed by atoms with van der Waals surface area (Å²) in [4.78, 5) is 4.05. The molecule has 3 heteroatoms. The van der Waals surface area contributed by atoms with Crippen LogP contribution in [0.15, 0.2) is 9.98 Å². The largest absolute Gasteiger partial charge is 0.235 e. The molecule has 0 atom stereocenters. The third-order valence-electron chi connectivity index (χ3n) is 0.591. The van der Waals surface area contributed by atoms with Gasteiger partial charge in [-0.2, -0.15) is 0 Å². The SMILES string of the molecule is [13CH3]c1nc(Br)cs1. The second-order valence-electron chi connectivity index (χ2n) is 1.19. The minimum absolute atomic E-state index is 0.940. The van der Waals surface area contributed by atoms with E-state index in [1.54, 1.807) is 11.3 Å². The number of aryl methyl sites for hydroxylation is 1. The number of aromatic nitrogens is 1. The summed E-state index contributed by atoms with van der Waals surface area (Å²) in [6.07, 6.45) is 0. The summed E-state index contributed by atoms with van der Waals surface area (Å²) >= 11 is 4.88. The van der Waals surface area contributed by atoms with Crippen LogP contribution in [-0.2, 0) is 0 Å². The second-order valence-corrected chi connectivity index (χ2v) is 3.06. The van der Waals surface area contributed by atoms with Crippen LogP contribution >= 0.6 is 27.3 Å². The number of nitrogens with zero attached hydrogens (tertiary/aromatic N) is 1. The summed E-state index contributed by atoms with van der Waals surface area (Å²) in [7, 11) is 0. The summed E-state index contributed by atoms with van der Waals surface area (Å²) in [6.45, 7) is 1.98. The maximum Gasteiger partial charge on any atom is 0.117 e. The Labute approximate surface area is 54.5 Å². The molecule has 1 rings (SSSR count). The van der Waals surface area contributed by atoms with Crippen molar-refractivity contribution in [2.75, 3.05) is 0 Å². The molecular formula is C4H4BrNS. The number of thiazole rings is 1. The van der Waals surface area contributed by atoms with Crippen LogP contribution < -0.4 is 0 Å². The van der Waals surface area contributed by atoms with Gasteiger partial charge in [0.15, 0.2) is 0 Å². The van der Waals surface area contributed by atoms with E-state index in [0.717, 1.165) is 9.61 Å². The summed E-state index contributed by atoms with van der Waals surface area (Å²) < 4.78 is 0.940. The Hall–Kier alpha value is 0.110. The van der Waals surface area contributed by atoms with Crippen molar-refractivity contribution in [3.8, 4) is 0 Å². The maximum absolute atomic E-state index is 4.05. The minimum atomic E-state index is 0.940. The smallest absolute Gasteiger partial charge is 0.117 e. The second kappa shape index (κ2) is 1.92. The lowest BCUT2D eigenvalue weighted by Crippen LogP contribution is -1.61. The fourth-order valence-corrected chi connectivity index (χ4v) is 1.47. The van der Waals surface area contributed by atoms with Crippen LogP contribution in [0.5, 0.6) is 0 Å². The lowest BCUT2D eigenvalue weighted by molar-refractivity contribution is 1.26. The van der Waals surface area contributed by atoms with Gasteiger partial charge in [-0.1, -0.05) is 0 Å². The fraction of sp³-hybridized carbons (Fsp3) is 0.250. The van der Waals surface area contributed by atoms with Gasteiger partial charge in [0.05, 0.1) is 5.01 Å². The van der Waals surface area contributed by atoms with Crippen molar-refractivity contribution < 1.29 is 0 Å². The van der Waals surface area contributed by atoms with E-state index in [2.05, 4.69) is 20.9 Å². The number of hydrogen-bond acceptors (Lipinski definition) is 2. The Bertz CT molecular complexity index is 144. The van der Waals surface area contributed by atoms with Gasteiger partial charge < -0.3 is 0 Å². The van der Waals surface area contributed by atoms with Gasteiger partial charge in [0.25, 0.3) is 0 Å². The number of rotatable bonds is 0. The minimum Gasteiger partial charge on any atom is -0.235 e. The predicted octanol–water partition coefficient (Wildman–Crippen LogP) is 2.21. The summed E-state index contributed by atoms with van der Waals surface area (Å²) in [5.74, 6) is 0. The molecule has 38 valence electrons. The van der Waals surface area contributed by atoms with Gasteiger partial charge in [-0.15, -0.1) is 11.3 Å². The van der Waals surface area contributed by atoms with E-state index in [9.17, 15) is 0 Å². The quantitative estimate of drug-likeness (QED) is 0.556. The first-order valence-corrected chi connectivity index (χ1v) is 3.54. The molecule has 0 radical (unpaired) electrons. The molecular weight excluding hydrogens is 175 g/mol. The molecule has 0 bridgehead atoms. The average Bonchev–Trinajstić information content (AvgIpc) is 1.87. The van der Waals surface area contributed by atoms with E-state index in [4.69, 9.17) is 0 Å². The van der Waals surface area contributed by atoms with Gasteiger partial charge in [0.1, 0.15) is 4.60 Å². The molecule has 0 saturated heterocycles. The predicted molar refractivity (Wildman–Crippen MR) is 34.6 cm³/mol. The summed E-state index contributed by atoms with van der Waals surface area (Å²) in [6, 6.07) is 0. The topological polar surface area (TPSA) is 12.9 Å². The van der Waals surface area contributed by atoms with E-state index in [-0.39, 0.29) is 0 Å². The molecule has 0 saturated carbocycles. The van der Waals surface area contributed by atoms with Crippen molar-refractivity contribution in [1.29, 1.82) is 0 Å². The Morgan fingerprint density at radius 2 is 2.57 bits per heavy atom. The van der Waals surface area contributed by atoms with Gasteiger partial charge in [0.2, 0.25) is 0 Å². The van der Waals surface area contributed by atoms with E-state index < -0.39 is 0 Å². The monoisotopic (exact) mass is 178 g/mol. The zero-order chi connectivity index (χ0) is 5.28. The van der Waals surface area contributed by atoms with E-state index in [0.29, 0.717) is 0 Å². The highest BCUT2D eigenvalue weighted by atomic mass is 79.9. The number of halogens is 1. The molecule has 1 heterocycles. The molecule has 1 nitrogen and oxygen atoms in total. The van der Waals surface area contributed by atoms with Gasteiger partial charge in [-0.3, -0.25) is 0 Å². The summed E-state index contributed by atoms with van der Waals surface area (Å²) in [5, 5.41) is 3.07. The van der Waals surface area contributed by atoms with Crippen molar-refractivity contribution in [2.24, 2.45) is 0 Å². The Morgan fingerprint density at radius 1 is 1.86 bits per heavy atom. The highest BCUT2D eigenvalue weighted by Gasteiger charge is 1.87. The van der Waals surface area contributed by atoms with Crippen molar-refractivity contribution in [1.82, 2.24) is 4.98 Å². The molecule has 1 aromatic heterocycles. The highest BCUT2D eigenvalue weighted by Crippen LogP contribution is 2.12. The van der Waals surface area contributed by atoms with Crippen molar-refractivity contribution in [3.63, 3.8) is 0 Å². The maximum atomic E-state index is 4.05. The van der Waals surface area contributed by atoms with Crippen LogP contribution in [0.2, 0.25) is 0 Å². The van der Waals surface area contributed by atoms with Crippen molar-refractivity contribution in [3.05, 3.63) is 15.0 Å². The van der Waals surface area contributed by atoms with Crippen LogP contribution in [-0.4, -0.2) is 4.98 Å². The van der Waals surface area contributed by atoms with Crippen LogP contribution in [0.3, 0.4) is 0 Å². The van der Waals surface area contributed by atoms with Crippen molar-refractivity contribution in [2.45, 2.75) is 6.92 Å². The van der Waals surface area contributed by atoms with E-state index in [1.807, 2.05) is 12.3 Å². The Morgan fingerprint density at radius 3 is 2.71 bits per heavy atom. The highest BCUT2D eigenvalue weighted by molar-refractivity contribution is 9.10. The normalized spacial score (nSPS) is 9.43. The zero-order valence-electron chi connectivity index (χ0n) is 3.81. The van der Waals surface area contributed by atoms with Crippen molar-refractivity contribution >= 4 is 27.3 Å². The van der Waals surface area contributed by atoms with Crippen LogP contribution in [0.4, 0.5) is 0 Å². The molecule has 0 spiro atoms. The van der Waals surface area contributed by atoms with Crippen LogP contribution in [0.25, 0.3) is 0 Å². The molecule has 1 aromatic rings. The first-order valence-electron chi connectivity index (χ1n) is 1.86. The molecule has 7 heavy (non-hydrogen) atoms. The molecule has 0 aliphatic carbocycles. The first kappa shape index (κ1) is 5.25. The Kier molecular flexibility index (Phi) is 1.44. The molecule has 0 amide bonds. The number of hydrogen-bond donors (Lipinski definition) is 0. The van der Waals surface area contributed by atoms with E-state index in [1.165, 1.54) is 0 Å². The van der Waals surface area contributed by atoms with Gasteiger partial charge in [-0.05, 0) is 22.9 Å². The molecule has 0 unspecified atom stereocenters. The first-order chi connectivity index (χ1) is 3.29. The third-order valence-corrected chi connectivity index (χ3v) is 2.07. The zero-order valence-corrected chi connectivity index (χ0v) is 6.21. The molecule has 0 aliphatic heterocycles. The molecule has 0 aliphatic rings. The summed E-state index contributed by atoms with van der Waals surface area (Å²) in [5.41, 5.74) is 0. The molecule has 0 fully saturated rings. The van der Waals surface area contributed by atoms with Crippen LogP contribution in [0.1, 0.15) is 5.01 Å². The fourth-order valence-electron chi connectivity index (χ4n) is 0.337. The Balaban J connectivity index is 3.04.